The van der Waals surface area contributed by atoms with Crippen molar-refractivity contribution >= 4 is 0 Å². The monoisotopic (exact) mass is 221 g/mol. The van der Waals surface area contributed by atoms with E-state index in [9.17, 15) is 0 Å². The van der Waals surface area contributed by atoms with Crippen molar-refractivity contribution in [3.05, 3.63) is 18.0 Å². The van der Waals surface area contributed by atoms with Gasteiger partial charge in [-0.25, -0.2) is 0 Å². The lowest BCUT2D eigenvalue weighted by molar-refractivity contribution is 0.265. The van der Waals surface area contributed by atoms with Gasteiger partial charge < -0.3 is 5.32 Å². The first kappa shape index (κ1) is 11.6. The Bertz CT molecular complexity index is 319. The van der Waals surface area contributed by atoms with Gasteiger partial charge in [-0.3, -0.25) is 4.68 Å². The number of nitrogens with one attached hydrogen (secondary N) is 1. The normalized spacial score (nSPS) is 25.9. The molecule has 2 atom stereocenters. The molecule has 90 valence electrons. The first-order chi connectivity index (χ1) is 7.79. The maximum absolute atomic E-state index is 4.66. The molecule has 0 aliphatic heterocycles. The van der Waals surface area contributed by atoms with Gasteiger partial charge in [0.25, 0.3) is 0 Å². The van der Waals surface area contributed by atoms with Crippen LogP contribution < -0.4 is 5.32 Å². The van der Waals surface area contributed by atoms with E-state index < -0.39 is 0 Å². The van der Waals surface area contributed by atoms with Crippen molar-refractivity contribution in [3.63, 3.8) is 0 Å². The Morgan fingerprint density at radius 1 is 1.50 bits per heavy atom. The first-order valence-corrected chi connectivity index (χ1v) is 6.54. The molecule has 0 aromatic carbocycles. The predicted octanol–water partition coefficient (Wildman–Crippen LogP) is 2.74. The zero-order valence-corrected chi connectivity index (χ0v) is 10.4. The highest BCUT2D eigenvalue weighted by Gasteiger charge is 2.20. The molecule has 3 nitrogen and oxygen atoms in total. The zero-order chi connectivity index (χ0) is 11.4. The SMILES string of the molecule is CCNCc1ccn(C2CCCC(C)C2)n1. The van der Waals surface area contributed by atoms with E-state index in [1.54, 1.807) is 0 Å². The molecule has 1 heterocycles. The summed E-state index contributed by atoms with van der Waals surface area (Å²) in [5, 5.41) is 7.97. The first-order valence-electron chi connectivity index (χ1n) is 6.54. The molecule has 2 rings (SSSR count). The molecule has 1 saturated carbocycles. The Morgan fingerprint density at radius 2 is 2.38 bits per heavy atom. The van der Waals surface area contributed by atoms with Gasteiger partial charge in [0.1, 0.15) is 0 Å². The minimum atomic E-state index is 0.638. The fourth-order valence-corrected chi connectivity index (χ4v) is 2.57. The zero-order valence-electron chi connectivity index (χ0n) is 10.4. The van der Waals surface area contributed by atoms with Gasteiger partial charge in [-0.05, 0) is 31.4 Å². The Morgan fingerprint density at radius 3 is 3.12 bits per heavy atom. The van der Waals surface area contributed by atoms with Gasteiger partial charge in [-0.1, -0.05) is 26.7 Å². The van der Waals surface area contributed by atoms with E-state index >= 15 is 0 Å². The molecule has 3 heteroatoms. The number of rotatable bonds is 4. The third-order valence-corrected chi connectivity index (χ3v) is 3.50. The minimum Gasteiger partial charge on any atom is -0.311 e. The summed E-state index contributed by atoms with van der Waals surface area (Å²) in [4.78, 5) is 0. The number of nitrogens with zero attached hydrogens (tertiary/aromatic N) is 2. The summed E-state index contributed by atoms with van der Waals surface area (Å²) in [6.07, 6.45) is 7.49. The summed E-state index contributed by atoms with van der Waals surface area (Å²) in [5.41, 5.74) is 1.17. The second-order valence-electron chi connectivity index (χ2n) is 4.99. The molecule has 0 bridgehead atoms. The highest BCUT2D eigenvalue weighted by atomic mass is 15.3. The van der Waals surface area contributed by atoms with E-state index in [1.807, 2.05) is 0 Å². The Hall–Kier alpha value is -0.830. The maximum atomic E-state index is 4.66. The average Bonchev–Trinajstić information content (AvgIpc) is 2.75. The van der Waals surface area contributed by atoms with Gasteiger partial charge in [0, 0.05) is 12.7 Å². The molecule has 0 spiro atoms. The van der Waals surface area contributed by atoms with Gasteiger partial charge >= 0.3 is 0 Å². The van der Waals surface area contributed by atoms with Crippen LogP contribution in [0.3, 0.4) is 0 Å². The van der Waals surface area contributed by atoms with E-state index in [1.165, 1.54) is 31.4 Å². The van der Waals surface area contributed by atoms with Gasteiger partial charge in [0.2, 0.25) is 0 Å². The number of aromatic nitrogens is 2. The second-order valence-corrected chi connectivity index (χ2v) is 4.99. The van der Waals surface area contributed by atoms with Gasteiger partial charge in [-0.2, -0.15) is 5.10 Å². The van der Waals surface area contributed by atoms with Crippen molar-refractivity contribution in [3.8, 4) is 0 Å². The van der Waals surface area contributed by atoms with Crippen LogP contribution in [-0.4, -0.2) is 16.3 Å². The lowest BCUT2D eigenvalue weighted by atomic mass is 9.87. The minimum absolute atomic E-state index is 0.638. The van der Waals surface area contributed by atoms with Gasteiger partial charge in [0.05, 0.1) is 11.7 Å². The molecule has 1 aromatic rings. The second kappa shape index (κ2) is 5.48. The fraction of sp³-hybridized carbons (Fsp3) is 0.769. The molecule has 0 radical (unpaired) electrons. The van der Waals surface area contributed by atoms with Crippen LogP contribution in [0.25, 0.3) is 0 Å². The fourth-order valence-electron chi connectivity index (χ4n) is 2.57. The maximum Gasteiger partial charge on any atom is 0.0762 e. The van der Waals surface area contributed by atoms with Crippen LogP contribution in [-0.2, 0) is 6.54 Å². The summed E-state index contributed by atoms with van der Waals surface area (Å²) in [6, 6.07) is 2.78. The molecule has 1 N–H and O–H groups in total. The molecule has 0 saturated heterocycles. The van der Waals surface area contributed by atoms with Crippen molar-refractivity contribution in [1.29, 1.82) is 0 Å². The van der Waals surface area contributed by atoms with Crippen LogP contribution in [0.2, 0.25) is 0 Å². The summed E-state index contributed by atoms with van der Waals surface area (Å²) in [7, 11) is 0. The Balaban J connectivity index is 1.95. The highest BCUT2D eigenvalue weighted by molar-refractivity contribution is 4.99. The molecule has 2 unspecified atom stereocenters. The lowest BCUT2D eigenvalue weighted by Gasteiger charge is -2.26. The van der Waals surface area contributed by atoms with E-state index in [2.05, 4.69) is 41.2 Å². The van der Waals surface area contributed by atoms with E-state index in [-0.39, 0.29) is 0 Å². The number of hydrogen-bond acceptors (Lipinski definition) is 2. The smallest absolute Gasteiger partial charge is 0.0762 e. The molecule has 16 heavy (non-hydrogen) atoms. The average molecular weight is 221 g/mol. The van der Waals surface area contributed by atoms with Crippen LogP contribution in [0, 0.1) is 5.92 Å². The van der Waals surface area contributed by atoms with Crippen molar-refractivity contribution < 1.29 is 0 Å². The van der Waals surface area contributed by atoms with Crippen LogP contribution in [0.4, 0.5) is 0 Å². The lowest BCUT2D eigenvalue weighted by Crippen LogP contribution is -2.19. The quantitative estimate of drug-likeness (QED) is 0.847. The van der Waals surface area contributed by atoms with Crippen molar-refractivity contribution in [2.45, 2.75) is 52.1 Å². The standard InChI is InChI=1S/C13H23N3/c1-3-14-10-12-7-8-16(15-12)13-6-4-5-11(2)9-13/h7-8,11,13-14H,3-6,9-10H2,1-2H3. The molecule has 1 aliphatic carbocycles. The Labute approximate surface area is 98.2 Å². The highest BCUT2D eigenvalue weighted by Crippen LogP contribution is 2.31. The molecule has 1 aliphatic rings. The van der Waals surface area contributed by atoms with Gasteiger partial charge in [0.15, 0.2) is 0 Å². The predicted molar refractivity (Wildman–Crippen MR) is 66.3 cm³/mol. The molecule has 0 amide bonds. The molecular weight excluding hydrogens is 198 g/mol. The van der Waals surface area contributed by atoms with Crippen molar-refractivity contribution in [2.24, 2.45) is 5.92 Å². The largest absolute Gasteiger partial charge is 0.311 e. The van der Waals surface area contributed by atoms with Gasteiger partial charge in [-0.15, -0.1) is 0 Å². The van der Waals surface area contributed by atoms with E-state index in [0.29, 0.717) is 6.04 Å². The van der Waals surface area contributed by atoms with E-state index in [0.717, 1.165) is 19.0 Å². The summed E-state index contributed by atoms with van der Waals surface area (Å²) in [6.45, 7) is 6.38. The molecule has 1 aromatic heterocycles. The topological polar surface area (TPSA) is 29.9 Å². The summed E-state index contributed by atoms with van der Waals surface area (Å²) >= 11 is 0. The third-order valence-electron chi connectivity index (χ3n) is 3.50. The number of hydrogen-bond donors (Lipinski definition) is 1. The third kappa shape index (κ3) is 2.85. The molecular formula is C13H23N3. The van der Waals surface area contributed by atoms with E-state index in [4.69, 9.17) is 0 Å². The van der Waals surface area contributed by atoms with Crippen molar-refractivity contribution in [2.75, 3.05) is 6.54 Å². The Kier molecular flexibility index (Phi) is 3.99. The molecule has 1 fully saturated rings. The van der Waals surface area contributed by atoms with Crippen LogP contribution >= 0.6 is 0 Å². The van der Waals surface area contributed by atoms with Crippen LogP contribution in [0.5, 0.6) is 0 Å². The van der Waals surface area contributed by atoms with Crippen LogP contribution in [0.15, 0.2) is 12.3 Å². The summed E-state index contributed by atoms with van der Waals surface area (Å²) in [5.74, 6) is 0.861. The van der Waals surface area contributed by atoms with Crippen LogP contribution in [0.1, 0.15) is 51.3 Å². The summed E-state index contributed by atoms with van der Waals surface area (Å²) < 4.78 is 2.18. The van der Waals surface area contributed by atoms with Crippen molar-refractivity contribution in [1.82, 2.24) is 15.1 Å².